The Labute approximate surface area is 163 Å². The van der Waals surface area contributed by atoms with E-state index in [1.165, 1.54) is 0 Å². The lowest BCUT2D eigenvalue weighted by atomic mass is 10.1. The molecule has 0 radical (unpaired) electrons. The highest BCUT2D eigenvalue weighted by Gasteiger charge is 2.17. The zero-order valence-corrected chi connectivity index (χ0v) is 16.6. The number of benzene rings is 2. The van der Waals surface area contributed by atoms with Crippen LogP contribution < -0.4 is 14.8 Å². The average molecular weight is 389 g/mol. The first kappa shape index (κ1) is 20.6. The van der Waals surface area contributed by atoms with Gasteiger partial charge in [-0.15, -0.1) is 11.8 Å². The first-order chi connectivity index (χ1) is 13.0. The Kier molecular flexibility index (Phi) is 7.55. The maximum Gasteiger partial charge on any atom is 0.338 e. The van der Waals surface area contributed by atoms with Crippen LogP contribution in [0, 0.1) is 0 Å². The largest absolute Gasteiger partial charge is 0.497 e. The van der Waals surface area contributed by atoms with Gasteiger partial charge >= 0.3 is 5.97 Å². The van der Waals surface area contributed by atoms with Crippen LogP contribution in [0.5, 0.6) is 11.5 Å². The molecule has 0 saturated heterocycles. The number of carbonyl (C=O) groups excluding carboxylic acids is 2. The van der Waals surface area contributed by atoms with E-state index in [9.17, 15) is 9.59 Å². The van der Waals surface area contributed by atoms with Gasteiger partial charge in [-0.2, -0.15) is 0 Å². The third kappa shape index (κ3) is 5.65. The molecule has 2 aromatic carbocycles. The fourth-order valence-electron chi connectivity index (χ4n) is 2.48. The van der Waals surface area contributed by atoms with Gasteiger partial charge in [-0.25, -0.2) is 4.79 Å². The van der Waals surface area contributed by atoms with Crippen molar-refractivity contribution in [3.05, 3.63) is 53.6 Å². The van der Waals surface area contributed by atoms with Crippen molar-refractivity contribution in [2.24, 2.45) is 0 Å². The summed E-state index contributed by atoms with van der Waals surface area (Å²) >= 11 is 1.58. The zero-order valence-electron chi connectivity index (χ0n) is 15.8. The Bertz CT molecular complexity index is 791. The van der Waals surface area contributed by atoms with Crippen molar-refractivity contribution in [2.45, 2.75) is 17.9 Å². The molecule has 2 aromatic rings. The molecule has 1 atom stereocenters. The number of thioether (sulfide) groups is 1. The number of amides is 1. The van der Waals surface area contributed by atoms with E-state index >= 15 is 0 Å². The number of hydrogen-bond donors (Lipinski definition) is 1. The Morgan fingerprint density at radius 3 is 2.37 bits per heavy atom. The summed E-state index contributed by atoms with van der Waals surface area (Å²) in [5.41, 5.74) is 1.17. The van der Waals surface area contributed by atoms with Gasteiger partial charge in [0, 0.05) is 10.5 Å². The summed E-state index contributed by atoms with van der Waals surface area (Å²) in [5.74, 6) is 0.354. The number of rotatable bonds is 8. The standard InChI is InChI=1S/C20H23NO5S/c1-13(17-11-15(24-2)7-10-18(17)25-3)21-19(22)12-26-20(23)14-5-8-16(27-4)9-6-14/h5-11,13H,12H2,1-4H3,(H,21,22)/t13-/m0/s1. The molecule has 0 aromatic heterocycles. The van der Waals surface area contributed by atoms with E-state index in [2.05, 4.69) is 5.32 Å². The van der Waals surface area contributed by atoms with Gasteiger partial charge in [-0.3, -0.25) is 4.79 Å². The molecule has 0 spiro atoms. The monoisotopic (exact) mass is 389 g/mol. The lowest BCUT2D eigenvalue weighted by molar-refractivity contribution is -0.124. The van der Waals surface area contributed by atoms with Crippen molar-refractivity contribution in [3.8, 4) is 11.5 Å². The lowest BCUT2D eigenvalue weighted by Gasteiger charge is -2.18. The predicted octanol–water partition coefficient (Wildman–Crippen LogP) is 3.46. The van der Waals surface area contributed by atoms with Gasteiger partial charge in [0.25, 0.3) is 5.91 Å². The maximum absolute atomic E-state index is 12.2. The lowest BCUT2D eigenvalue weighted by Crippen LogP contribution is -2.31. The maximum atomic E-state index is 12.2. The molecule has 144 valence electrons. The van der Waals surface area contributed by atoms with Crippen molar-refractivity contribution in [1.82, 2.24) is 5.32 Å². The van der Waals surface area contributed by atoms with E-state index in [-0.39, 0.29) is 12.6 Å². The number of ether oxygens (including phenoxy) is 3. The van der Waals surface area contributed by atoms with Crippen molar-refractivity contribution in [3.63, 3.8) is 0 Å². The summed E-state index contributed by atoms with van der Waals surface area (Å²) in [6.07, 6.45) is 1.95. The van der Waals surface area contributed by atoms with Crippen LogP contribution in [0.15, 0.2) is 47.4 Å². The van der Waals surface area contributed by atoms with Crippen LogP contribution in [0.3, 0.4) is 0 Å². The zero-order chi connectivity index (χ0) is 19.8. The third-order valence-corrected chi connectivity index (χ3v) is 4.68. The number of esters is 1. The van der Waals surface area contributed by atoms with E-state index in [0.29, 0.717) is 17.1 Å². The van der Waals surface area contributed by atoms with Gasteiger partial charge in [0.1, 0.15) is 11.5 Å². The molecular weight excluding hydrogens is 366 g/mol. The smallest absolute Gasteiger partial charge is 0.338 e. The number of hydrogen-bond acceptors (Lipinski definition) is 6. The second kappa shape index (κ2) is 9.87. The summed E-state index contributed by atoms with van der Waals surface area (Å²) in [6.45, 7) is 1.46. The molecule has 2 rings (SSSR count). The van der Waals surface area contributed by atoms with Crippen molar-refractivity contribution < 1.29 is 23.8 Å². The van der Waals surface area contributed by atoms with Crippen LogP contribution in [-0.2, 0) is 9.53 Å². The van der Waals surface area contributed by atoms with Crippen LogP contribution in [0.25, 0.3) is 0 Å². The Balaban J connectivity index is 1.93. The third-order valence-electron chi connectivity index (χ3n) is 3.94. The first-order valence-corrected chi connectivity index (χ1v) is 9.53. The van der Waals surface area contributed by atoms with Gasteiger partial charge in [0.15, 0.2) is 6.61 Å². The number of methoxy groups -OCH3 is 2. The first-order valence-electron chi connectivity index (χ1n) is 8.31. The van der Waals surface area contributed by atoms with Crippen LogP contribution in [-0.4, -0.2) is 39.0 Å². The Morgan fingerprint density at radius 1 is 1.07 bits per heavy atom. The second-order valence-electron chi connectivity index (χ2n) is 5.70. The summed E-state index contributed by atoms with van der Waals surface area (Å²) in [6, 6.07) is 12.0. The van der Waals surface area contributed by atoms with Gasteiger partial charge < -0.3 is 19.5 Å². The summed E-state index contributed by atoms with van der Waals surface area (Å²) < 4.78 is 15.6. The normalized spacial score (nSPS) is 11.4. The molecule has 0 heterocycles. The van der Waals surface area contributed by atoms with Crippen LogP contribution in [0.2, 0.25) is 0 Å². The highest BCUT2D eigenvalue weighted by Crippen LogP contribution is 2.29. The van der Waals surface area contributed by atoms with Gasteiger partial charge in [0.2, 0.25) is 0 Å². The number of carbonyl (C=O) groups is 2. The molecule has 0 aliphatic rings. The number of nitrogens with one attached hydrogen (secondary N) is 1. The van der Waals surface area contributed by atoms with E-state index in [0.717, 1.165) is 10.5 Å². The average Bonchev–Trinajstić information content (AvgIpc) is 2.71. The molecule has 27 heavy (non-hydrogen) atoms. The minimum absolute atomic E-state index is 0.345. The molecule has 1 N–H and O–H groups in total. The molecule has 7 heteroatoms. The van der Waals surface area contributed by atoms with Crippen LogP contribution in [0.1, 0.15) is 28.9 Å². The highest BCUT2D eigenvalue weighted by atomic mass is 32.2. The van der Waals surface area contributed by atoms with Crippen molar-refractivity contribution in [1.29, 1.82) is 0 Å². The summed E-state index contributed by atoms with van der Waals surface area (Å²) in [5, 5.41) is 2.79. The van der Waals surface area contributed by atoms with E-state index in [1.807, 2.05) is 25.3 Å². The second-order valence-corrected chi connectivity index (χ2v) is 6.58. The summed E-state index contributed by atoms with van der Waals surface area (Å²) in [4.78, 5) is 25.2. The van der Waals surface area contributed by atoms with E-state index < -0.39 is 11.9 Å². The van der Waals surface area contributed by atoms with Crippen molar-refractivity contribution in [2.75, 3.05) is 27.1 Å². The topological polar surface area (TPSA) is 73.9 Å². The SMILES string of the molecule is COc1ccc(OC)c([C@H](C)NC(=O)COC(=O)c2ccc(SC)cc2)c1. The van der Waals surface area contributed by atoms with Crippen molar-refractivity contribution >= 4 is 23.6 Å². The predicted molar refractivity (Wildman–Crippen MR) is 105 cm³/mol. The fraction of sp³-hybridized carbons (Fsp3) is 0.300. The molecule has 6 nitrogen and oxygen atoms in total. The molecule has 0 aliphatic carbocycles. The van der Waals surface area contributed by atoms with Gasteiger partial charge in [-0.05, 0) is 55.6 Å². The molecule has 0 bridgehead atoms. The van der Waals surface area contributed by atoms with Crippen LogP contribution >= 0.6 is 11.8 Å². The molecule has 0 fully saturated rings. The van der Waals surface area contributed by atoms with Gasteiger partial charge in [0.05, 0.1) is 25.8 Å². The van der Waals surface area contributed by atoms with E-state index in [1.54, 1.807) is 56.3 Å². The minimum atomic E-state index is -0.538. The van der Waals surface area contributed by atoms with Crippen LogP contribution in [0.4, 0.5) is 0 Å². The Morgan fingerprint density at radius 2 is 1.78 bits per heavy atom. The Hall–Kier alpha value is -2.67. The fourth-order valence-corrected chi connectivity index (χ4v) is 2.89. The summed E-state index contributed by atoms with van der Waals surface area (Å²) in [7, 11) is 3.13. The minimum Gasteiger partial charge on any atom is -0.497 e. The molecular formula is C20H23NO5S. The quantitative estimate of drug-likeness (QED) is 0.551. The molecule has 0 unspecified atom stereocenters. The highest BCUT2D eigenvalue weighted by molar-refractivity contribution is 7.98. The molecule has 0 saturated carbocycles. The van der Waals surface area contributed by atoms with E-state index in [4.69, 9.17) is 14.2 Å². The van der Waals surface area contributed by atoms with Gasteiger partial charge in [-0.1, -0.05) is 0 Å². The molecule has 0 aliphatic heterocycles. The molecule has 1 amide bonds.